The standard InChI is InChI=1S/C20H27NO4/c1-6-20-14-11-9-10-12-15(14)25-17(23)19(20,13-18(20,4)24-5)16(22)21(7-2)8-3/h9-12H,6-8,13H2,1-5H3/t18?,19-,20+/m1/s1. The van der Waals surface area contributed by atoms with Crippen LogP contribution in [0.2, 0.25) is 0 Å². The van der Waals surface area contributed by atoms with Gasteiger partial charge in [-0.05, 0) is 33.3 Å². The van der Waals surface area contributed by atoms with E-state index in [9.17, 15) is 9.59 Å². The fourth-order valence-corrected chi connectivity index (χ4v) is 5.25. The third-order valence-electron chi connectivity index (χ3n) is 6.53. The quantitative estimate of drug-likeness (QED) is 0.468. The van der Waals surface area contributed by atoms with Crippen molar-refractivity contribution in [2.24, 2.45) is 5.41 Å². The minimum atomic E-state index is -1.22. The number of methoxy groups -OCH3 is 1. The van der Waals surface area contributed by atoms with Gasteiger partial charge in [-0.3, -0.25) is 9.59 Å². The van der Waals surface area contributed by atoms with Crippen LogP contribution in [-0.2, 0) is 19.7 Å². The summed E-state index contributed by atoms with van der Waals surface area (Å²) in [5.74, 6) is -0.0480. The van der Waals surface area contributed by atoms with Gasteiger partial charge in [0.1, 0.15) is 5.75 Å². The lowest BCUT2D eigenvalue weighted by Gasteiger charge is -2.68. The van der Waals surface area contributed by atoms with Crippen LogP contribution in [0.1, 0.15) is 46.1 Å². The number of rotatable bonds is 5. The SMILES string of the molecule is CCN(CC)C(=O)[C@@]12CC(C)(OC)[C@]1(CC)c1ccccc1OC2=O. The summed E-state index contributed by atoms with van der Waals surface area (Å²) in [6.07, 6.45) is 0.962. The molecule has 0 radical (unpaired) electrons. The Labute approximate surface area is 149 Å². The van der Waals surface area contributed by atoms with Crippen LogP contribution in [0.15, 0.2) is 24.3 Å². The molecule has 2 aliphatic rings. The molecule has 1 aliphatic carbocycles. The van der Waals surface area contributed by atoms with Gasteiger partial charge in [0.05, 0.1) is 11.0 Å². The number of hydrogen-bond donors (Lipinski definition) is 0. The summed E-state index contributed by atoms with van der Waals surface area (Å²) in [6.45, 7) is 9.02. The van der Waals surface area contributed by atoms with E-state index in [2.05, 4.69) is 0 Å². The summed E-state index contributed by atoms with van der Waals surface area (Å²) in [5.41, 5.74) is -1.64. The zero-order chi connectivity index (χ0) is 18.5. The maximum Gasteiger partial charge on any atom is 0.328 e. The van der Waals surface area contributed by atoms with Crippen molar-refractivity contribution < 1.29 is 19.1 Å². The van der Waals surface area contributed by atoms with Gasteiger partial charge in [0.2, 0.25) is 5.91 Å². The highest BCUT2D eigenvalue weighted by Gasteiger charge is 2.81. The molecule has 3 rings (SSSR count). The molecule has 0 saturated heterocycles. The molecule has 1 aromatic rings. The molecule has 25 heavy (non-hydrogen) atoms. The van der Waals surface area contributed by atoms with Gasteiger partial charge >= 0.3 is 5.97 Å². The van der Waals surface area contributed by atoms with Gasteiger partial charge in [-0.15, -0.1) is 0 Å². The van der Waals surface area contributed by atoms with Crippen LogP contribution in [0.5, 0.6) is 5.75 Å². The van der Waals surface area contributed by atoms with Crippen molar-refractivity contribution in [1.29, 1.82) is 0 Å². The number of carbonyl (C=O) groups is 2. The molecule has 1 heterocycles. The van der Waals surface area contributed by atoms with E-state index in [1.165, 1.54) is 0 Å². The predicted molar refractivity (Wildman–Crippen MR) is 94.4 cm³/mol. The third kappa shape index (κ3) is 1.87. The van der Waals surface area contributed by atoms with Gasteiger partial charge in [0, 0.05) is 32.2 Å². The summed E-state index contributed by atoms with van der Waals surface area (Å²) in [4.78, 5) is 28.4. The number of nitrogens with zero attached hydrogens (tertiary/aromatic N) is 1. The van der Waals surface area contributed by atoms with Crippen molar-refractivity contribution in [2.75, 3.05) is 20.2 Å². The van der Waals surface area contributed by atoms with E-state index >= 15 is 0 Å². The number of para-hydroxylation sites is 1. The Morgan fingerprint density at radius 2 is 1.88 bits per heavy atom. The Kier molecular flexibility index (Phi) is 4.18. The highest BCUT2D eigenvalue weighted by molar-refractivity contribution is 6.09. The zero-order valence-corrected chi connectivity index (χ0v) is 15.7. The Morgan fingerprint density at radius 1 is 1.24 bits per heavy atom. The summed E-state index contributed by atoms with van der Waals surface area (Å²) < 4.78 is 11.5. The van der Waals surface area contributed by atoms with E-state index in [0.29, 0.717) is 31.7 Å². The summed E-state index contributed by atoms with van der Waals surface area (Å²) in [7, 11) is 1.66. The first-order chi connectivity index (χ1) is 11.9. The van der Waals surface area contributed by atoms with Crippen LogP contribution in [-0.4, -0.2) is 42.6 Å². The molecule has 3 atom stereocenters. The van der Waals surface area contributed by atoms with E-state index in [1.54, 1.807) is 18.1 Å². The molecular formula is C20H27NO4. The predicted octanol–water partition coefficient (Wildman–Crippen LogP) is 2.92. The number of amides is 1. The molecule has 0 bridgehead atoms. The lowest BCUT2D eigenvalue weighted by Crippen LogP contribution is -2.80. The monoisotopic (exact) mass is 345 g/mol. The first kappa shape index (κ1) is 17.9. The number of benzene rings is 1. The Morgan fingerprint density at radius 3 is 2.44 bits per heavy atom. The van der Waals surface area contributed by atoms with Crippen molar-refractivity contribution in [1.82, 2.24) is 4.90 Å². The van der Waals surface area contributed by atoms with Crippen LogP contribution >= 0.6 is 0 Å². The van der Waals surface area contributed by atoms with E-state index in [0.717, 1.165) is 5.56 Å². The molecule has 5 heteroatoms. The normalized spacial score (nSPS) is 32.9. The van der Waals surface area contributed by atoms with Crippen molar-refractivity contribution in [3.8, 4) is 5.75 Å². The molecule has 1 fully saturated rings. The van der Waals surface area contributed by atoms with Crippen molar-refractivity contribution >= 4 is 11.9 Å². The molecule has 1 saturated carbocycles. The zero-order valence-electron chi connectivity index (χ0n) is 15.7. The largest absolute Gasteiger partial charge is 0.425 e. The first-order valence-electron chi connectivity index (χ1n) is 9.04. The van der Waals surface area contributed by atoms with Crippen LogP contribution in [0.25, 0.3) is 0 Å². The van der Waals surface area contributed by atoms with Crippen molar-refractivity contribution in [3.05, 3.63) is 29.8 Å². The number of esters is 1. The Bertz CT molecular complexity index is 713. The number of carbonyl (C=O) groups excluding carboxylic acids is 2. The highest BCUT2D eigenvalue weighted by Crippen LogP contribution is 2.70. The molecular weight excluding hydrogens is 318 g/mol. The fraction of sp³-hybridized carbons (Fsp3) is 0.600. The van der Waals surface area contributed by atoms with Crippen molar-refractivity contribution in [3.63, 3.8) is 0 Å². The average molecular weight is 345 g/mol. The Balaban J connectivity index is 2.28. The molecule has 0 N–H and O–H groups in total. The van der Waals surface area contributed by atoms with E-state index in [1.807, 2.05) is 45.9 Å². The van der Waals surface area contributed by atoms with E-state index in [-0.39, 0.29) is 5.91 Å². The topological polar surface area (TPSA) is 55.8 Å². The number of fused-ring (bicyclic) bond motifs is 3. The van der Waals surface area contributed by atoms with Gasteiger partial charge in [-0.1, -0.05) is 25.1 Å². The van der Waals surface area contributed by atoms with Crippen LogP contribution < -0.4 is 4.74 Å². The smallest absolute Gasteiger partial charge is 0.328 e. The van der Waals surface area contributed by atoms with Crippen LogP contribution in [0.3, 0.4) is 0 Å². The van der Waals surface area contributed by atoms with Gasteiger partial charge in [0.25, 0.3) is 0 Å². The number of ether oxygens (including phenoxy) is 2. The molecule has 5 nitrogen and oxygen atoms in total. The fourth-order valence-electron chi connectivity index (χ4n) is 5.25. The maximum absolute atomic E-state index is 13.5. The molecule has 1 aliphatic heterocycles. The van der Waals surface area contributed by atoms with Gasteiger partial charge in [-0.2, -0.15) is 0 Å². The molecule has 1 amide bonds. The lowest BCUT2D eigenvalue weighted by molar-refractivity contribution is -0.239. The summed E-state index contributed by atoms with van der Waals surface area (Å²) in [5, 5.41) is 0. The molecule has 0 spiro atoms. The highest BCUT2D eigenvalue weighted by atomic mass is 16.5. The Hall–Kier alpha value is -1.88. The van der Waals surface area contributed by atoms with Crippen molar-refractivity contribution in [2.45, 2.75) is 51.6 Å². The summed E-state index contributed by atoms with van der Waals surface area (Å²) >= 11 is 0. The molecule has 0 aromatic heterocycles. The van der Waals surface area contributed by atoms with E-state index < -0.39 is 22.4 Å². The lowest BCUT2D eigenvalue weighted by atomic mass is 9.37. The minimum absolute atomic E-state index is 0.145. The molecule has 1 aromatic carbocycles. The van der Waals surface area contributed by atoms with Gasteiger partial charge in [-0.25, -0.2) is 0 Å². The first-order valence-corrected chi connectivity index (χ1v) is 9.04. The summed E-state index contributed by atoms with van der Waals surface area (Å²) in [6, 6.07) is 7.53. The number of hydrogen-bond acceptors (Lipinski definition) is 4. The second-order valence-electron chi connectivity index (χ2n) is 7.14. The maximum atomic E-state index is 13.5. The second kappa shape index (κ2) is 5.84. The van der Waals surface area contributed by atoms with Crippen LogP contribution in [0, 0.1) is 5.41 Å². The third-order valence-corrected chi connectivity index (χ3v) is 6.53. The van der Waals surface area contributed by atoms with Gasteiger partial charge < -0.3 is 14.4 Å². The van der Waals surface area contributed by atoms with E-state index in [4.69, 9.17) is 9.47 Å². The molecule has 1 unspecified atom stereocenters. The minimum Gasteiger partial charge on any atom is -0.425 e. The second-order valence-corrected chi connectivity index (χ2v) is 7.14. The van der Waals surface area contributed by atoms with Gasteiger partial charge in [0.15, 0.2) is 5.41 Å². The average Bonchev–Trinajstić information content (AvgIpc) is 2.61. The van der Waals surface area contributed by atoms with Crippen LogP contribution in [0.4, 0.5) is 0 Å². The molecule has 136 valence electrons.